The van der Waals surface area contributed by atoms with Gasteiger partial charge in [0.05, 0.1) is 7.11 Å². The number of hydrogen-bond donors (Lipinski definition) is 2. The third kappa shape index (κ3) is 1.89. The van der Waals surface area contributed by atoms with E-state index in [0.29, 0.717) is 11.9 Å². The van der Waals surface area contributed by atoms with E-state index in [1.54, 1.807) is 7.11 Å². The summed E-state index contributed by atoms with van der Waals surface area (Å²) >= 11 is 0. The van der Waals surface area contributed by atoms with Crippen LogP contribution in [0.15, 0.2) is 18.2 Å². The minimum atomic E-state index is 0.285. The molecule has 1 fully saturated rings. The summed E-state index contributed by atoms with van der Waals surface area (Å²) in [7, 11) is 1.61. The summed E-state index contributed by atoms with van der Waals surface area (Å²) in [5.41, 5.74) is 5.66. The second kappa shape index (κ2) is 3.22. The molecule has 1 saturated carbocycles. The van der Waals surface area contributed by atoms with E-state index in [9.17, 15) is 0 Å². The first-order valence-corrected chi connectivity index (χ1v) is 4.33. The zero-order valence-corrected chi connectivity index (χ0v) is 7.53. The highest BCUT2D eigenvalue weighted by atomic mass is 16.5. The van der Waals surface area contributed by atoms with Crippen molar-refractivity contribution in [3.8, 4) is 5.88 Å². The first-order valence-electron chi connectivity index (χ1n) is 4.33. The summed E-state index contributed by atoms with van der Waals surface area (Å²) in [4.78, 5) is 4.22. The molecule has 1 heterocycles. The van der Waals surface area contributed by atoms with Crippen LogP contribution in [0.1, 0.15) is 6.42 Å². The van der Waals surface area contributed by atoms with Crippen molar-refractivity contribution in [2.75, 3.05) is 12.4 Å². The van der Waals surface area contributed by atoms with Gasteiger partial charge in [-0.1, -0.05) is 6.07 Å². The van der Waals surface area contributed by atoms with Crippen LogP contribution < -0.4 is 15.8 Å². The zero-order chi connectivity index (χ0) is 9.26. The number of hydrogen-bond acceptors (Lipinski definition) is 4. The molecule has 0 amide bonds. The number of aromatic nitrogens is 1. The van der Waals surface area contributed by atoms with Gasteiger partial charge in [0.2, 0.25) is 5.88 Å². The molecule has 70 valence electrons. The average Bonchev–Trinajstić information content (AvgIpc) is 2.82. The monoisotopic (exact) mass is 179 g/mol. The van der Waals surface area contributed by atoms with Gasteiger partial charge in [-0.05, 0) is 12.5 Å². The second-order valence-electron chi connectivity index (χ2n) is 3.22. The van der Waals surface area contributed by atoms with Crippen LogP contribution in [0.5, 0.6) is 5.88 Å². The summed E-state index contributed by atoms with van der Waals surface area (Å²) in [5.74, 6) is 1.46. The maximum atomic E-state index is 5.66. The van der Waals surface area contributed by atoms with E-state index in [0.717, 1.165) is 12.2 Å². The van der Waals surface area contributed by atoms with E-state index in [1.165, 1.54) is 0 Å². The van der Waals surface area contributed by atoms with E-state index in [4.69, 9.17) is 10.5 Å². The number of methoxy groups -OCH3 is 1. The summed E-state index contributed by atoms with van der Waals surface area (Å²) < 4.78 is 5.00. The van der Waals surface area contributed by atoms with Crippen LogP contribution in [-0.4, -0.2) is 24.2 Å². The normalized spacial score (nSPS) is 25.4. The van der Waals surface area contributed by atoms with Crippen LogP contribution in [0.25, 0.3) is 0 Å². The highest BCUT2D eigenvalue weighted by Crippen LogP contribution is 2.23. The van der Waals surface area contributed by atoms with Gasteiger partial charge in [-0.15, -0.1) is 0 Å². The molecule has 1 aromatic heterocycles. The number of anilines is 1. The molecule has 0 spiro atoms. The Bertz CT molecular complexity index is 303. The van der Waals surface area contributed by atoms with Gasteiger partial charge >= 0.3 is 0 Å². The molecule has 13 heavy (non-hydrogen) atoms. The van der Waals surface area contributed by atoms with Gasteiger partial charge in [-0.2, -0.15) is 4.98 Å². The van der Waals surface area contributed by atoms with Gasteiger partial charge < -0.3 is 15.8 Å². The van der Waals surface area contributed by atoms with Gasteiger partial charge in [0.25, 0.3) is 0 Å². The number of ether oxygens (including phenoxy) is 1. The van der Waals surface area contributed by atoms with E-state index in [2.05, 4.69) is 10.3 Å². The van der Waals surface area contributed by atoms with Crippen LogP contribution in [0.4, 0.5) is 5.82 Å². The third-order valence-corrected chi connectivity index (χ3v) is 2.11. The molecule has 0 saturated heterocycles. The zero-order valence-electron chi connectivity index (χ0n) is 7.53. The van der Waals surface area contributed by atoms with Gasteiger partial charge in [-0.25, -0.2) is 0 Å². The van der Waals surface area contributed by atoms with Crippen molar-refractivity contribution in [3.05, 3.63) is 18.2 Å². The molecule has 0 aliphatic heterocycles. The molecule has 1 aromatic rings. The van der Waals surface area contributed by atoms with Crippen molar-refractivity contribution in [3.63, 3.8) is 0 Å². The van der Waals surface area contributed by atoms with Gasteiger partial charge in [0.15, 0.2) is 0 Å². The molecule has 4 heteroatoms. The minimum Gasteiger partial charge on any atom is -0.481 e. The summed E-state index contributed by atoms with van der Waals surface area (Å²) in [5, 5.41) is 3.22. The predicted octanol–water partition coefficient (Wildman–Crippen LogP) is 0.602. The Balaban J connectivity index is 2.03. The predicted molar refractivity (Wildman–Crippen MR) is 50.8 cm³/mol. The molecular formula is C9H13N3O. The topological polar surface area (TPSA) is 60.2 Å². The van der Waals surface area contributed by atoms with E-state index < -0.39 is 0 Å². The highest BCUT2D eigenvalue weighted by molar-refractivity contribution is 5.40. The number of nitrogens with zero attached hydrogens (tertiary/aromatic N) is 1. The molecule has 1 aliphatic rings. The maximum Gasteiger partial charge on any atom is 0.214 e. The lowest BCUT2D eigenvalue weighted by Gasteiger charge is -2.04. The van der Waals surface area contributed by atoms with Crippen LogP contribution >= 0.6 is 0 Å². The molecule has 2 atom stereocenters. The minimum absolute atomic E-state index is 0.285. The van der Waals surface area contributed by atoms with Crippen LogP contribution in [0.2, 0.25) is 0 Å². The summed E-state index contributed by atoms with van der Waals surface area (Å²) in [6.07, 6.45) is 1.03. The Morgan fingerprint density at radius 2 is 2.38 bits per heavy atom. The van der Waals surface area contributed by atoms with Gasteiger partial charge in [0.1, 0.15) is 5.82 Å². The Labute approximate surface area is 77.1 Å². The molecule has 1 aliphatic carbocycles. The standard InChI is InChI=1S/C9H13N3O/c1-13-9-4-2-3-8(12-9)11-7-5-6(7)10/h2-4,6-7H,5,10H2,1H3,(H,11,12). The van der Waals surface area contributed by atoms with Crippen molar-refractivity contribution in [2.24, 2.45) is 5.73 Å². The quantitative estimate of drug-likeness (QED) is 0.713. The molecule has 4 nitrogen and oxygen atoms in total. The van der Waals surface area contributed by atoms with Crippen LogP contribution in [0, 0.1) is 0 Å². The maximum absolute atomic E-state index is 5.66. The Hall–Kier alpha value is -1.29. The molecule has 0 aromatic carbocycles. The lowest BCUT2D eigenvalue weighted by Crippen LogP contribution is -2.13. The highest BCUT2D eigenvalue weighted by Gasteiger charge is 2.33. The van der Waals surface area contributed by atoms with E-state index in [1.807, 2.05) is 18.2 Å². The van der Waals surface area contributed by atoms with E-state index in [-0.39, 0.29) is 6.04 Å². The largest absolute Gasteiger partial charge is 0.481 e. The third-order valence-electron chi connectivity index (χ3n) is 2.11. The number of nitrogens with two attached hydrogens (primary N) is 1. The number of pyridine rings is 1. The average molecular weight is 179 g/mol. The number of rotatable bonds is 3. The van der Waals surface area contributed by atoms with Crippen LogP contribution in [-0.2, 0) is 0 Å². The van der Waals surface area contributed by atoms with Gasteiger partial charge in [0, 0.05) is 18.2 Å². The summed E-state index contributed by atoms with van der Waals surface area (Å²) in [6, 6.07) is 6.31. The molecular weight excluding hydrogens is 166 g/mol. The lowest BCUT2D eigenvalue weighted by molar-refractivity contribution is 0.398. The Morgan fingerprint density at radius 1 is 1.62 bits per heavy atom. The first-order chi connectivity index (χ1) is 6.29. The molecule has 0 bridgehead atoms. The SMILES string of the molecule is COc1cccc(NC2CC2N)n1. The molecule has 2 rings (SSSR count). The Kier molecular flexibility index (Phi) is 2.06. The number of nitrogens with one attached hydrogen (secondary N) is 1. The Morgan fingerprint density at radius 3 is 3.00 bits per heavy atom. The van der Waals surface area contributed by atoms with Crippen molar-refractivity contribution < 1.29 is 4.74 Å². The van der Waals surface area contributed by atoms with Crippen LogP contribution in [0.3, 0.4) is 0 Å². The summed E-state index contributed by atoms with van der Waals surface area (Å²) in [6.45, 7) is 0. The molecule has 2 unspecified atom stereocenters. The van der Waals surface area contributed by atoms with Crippen molar-refractivity contribution >= 4 is 5.82 Å². The lowest BCUT2D eigenvalue weighted by atomic mass is 10.4. The molecule has 0 radical (unpaired) electrons. The fourth-order valence-corrected chi connectivity index (χ4v) is 1.18. The van der Waals surface area contributed by atoms with Crippen molar-refractivity contribution in [1.29, 1.82) is 0 Å². The van der Waals surface area contributed by atoms with E-state index >= 15 is 0 Å². The smallest absolute Gasteiger partial charge is 0.214 e. The second-order valence-corrected chi connectivity index (χ2v) is 3.22. The fourth-order valence-electron chi connectivity index (χ4n) is 1.18. The fraction of sp³-hybridized carbons (Fsp3) is 0.444. The molecule has 3 N–H and O–H groups in total. The van der Waals surface area contributed by atoms with Gasteiger partial charge in [-0.3, -0.25) is 0 Å². The van der Waals surface area contributed by atoms with Crippen molar-refractivity contribution in [1.82, 2.24) is 4.98 Å². The van der Waals surface area contributed by atoms with Crippen molar-refractivity contribution in [2.45, 2.75) is 18.5 Å². The first kappa shape index (κ1) is 8.31.